The molecule has 0 aliphatic rings. The third-order valence-corrected chi connectivity index (χ3v) is 2.60. The third-order valence-electron chi connectivity index (χ3n) is 1.91. The number of rotatable bonds is 2. The predicted octanol–water partition coefficient (Wildman–Crippen LogP) is 3.60. The molecular formula is C11H11BrO. The van der Waals surface area contributed by atoms with E-state index in [1.54, 1.807) is 0 Å². The number of halogens is 1. The predicted molar refractivity (Wildman–Crippen MR) is 57.9 cm³/mol. The normalized spacial score (nSPS) is 11.5. The second kappa shape index (κ2) is 4.38. The first-order valence-electron chi connectivity index (χ1n) is 4.09. The lowest BCUT2D eigenvalue weighted by Crippen LogP contribution is -2.00. The van der Waals surface area contributed by atoms with Gasteiger partial charge in [-0.2, -0.15) is 0 Å². The zero-order valence-corrected chi connectivity index (χ0v) is 9.26. The van der Waals surface area contributed by atoms with E-state index in [1.807, 2.05) is 44.2 Å². The molecule has 13 heavy (non-hydrogen) atoms. The van der Waals surface area contributed by atoms with Gasteiger partial charge in [-0.15, -0.1) is 0 Å². The molecule has 0 aromatic heterocycles. The minimum absolute atomic E-state index is 0.0787. The average molecular weight is 239 g/mol. The Balaban J connectivity index is 3.10. The van der Waals surface area contributed by atoms with E-state index in [-0.39, 0.29) is 5.78 Å². The molecule has 0 aliphatic carbocycles. The van der Waals surface area contributed by atoms with E-state index >= 15 is 0 Å². The van der Waals surface area contributed by atoms with Crippen molar-refractivity contribution in [1.82, 2.24) is 0 Å². The minimum Gasteiger partial charge on any atom is -0.289 e. The molecule has 0 saturated heterocycles. The number of carbonyl (C=O) groups excluding carboxylic acids is 1. The number of Topliss-reactive ketones (excluding diaryl/α,β-unsaturated/α-hetero) is 1. The summed E-state index contributed by atoms with van der Waals surface area (Å²) in [7, 11) is 0. The summed E-state index contributed by atoms with van der Waals surface area (Å²) in [6, 6.07) is 7.45. The maximum atomic E-state index is 11.7. The second-order valence-corrected chi connectivity index (χ2v) is 3.63. The molecule has 0 amide bonds. The second-order valence-electron chi connectivity index (χ2n) is 2.78. The molecule has 0 radical (unpaired) electrons. The van der Waals surface area contributed by atoms with Crippen molar-refractivity contribution in [2.45, 2.75) is 13.8 Å². The fraction of sp³-hybridized carbons (Fsp3) is 0.182. The Morgan fingerprint density at radius 1 is 1.38 bits per heavy atom. The van der Waals surface area contributed by atoms with Gasteiger partial charge in [0.05, 0.1) is 0 Å². The van der Waals surface area contributed by atoms with Crippen LogP contribution in [0.1, 0.15) is 24.2 Å². The number of hydrogen-bond acceptors (Lipinski definition) is 1. The van der Waals surface area contributed by atoms with Crippen LogP contribution in [0, 0.1) is 0 Å². The van der Waals surface area contributed by atoms with Crippen molar-refractivity contribution in [3.63, 3.8) is 0 Å². The van der Waals surface area contributed by atoms with Crippen molar-refractivity contribution in [3.05, 3.63) is 46.0 Å². The Kier molecular flexibility index (Phi) is 3.43. The van der Waals surface area contributed by atoms with Crippen molar-refractivity contribution < 1.29 is 4.79 Å². The van der Waals surface area contributed by atoms with Gasteiger partial charge in [-0.1, -0.05) is 34.1 Å². The lowest BCUT2D eigenvalue weighted by atomic mass is 10.1. The van der Waals surface area contributed by atoms with Crippen molar-refractivity contribution in [2.24, 2.45) is 0 Å². The molecular weight excluding hydrogens is 228 g/mol. The molecule has 0 aliphatic heterocycles. The minimum atomic E-state index is 0.0787. The van der Waals surface area contributed by atoms with Gasteiger partial charge < -0.3 is 0 Å². The van der Waals surface area contributed by atoms with E-state index in [0.717, 1.165) is 15.6 Å². The number of ketones is 1. The molecule has 0 N–H and O–H groups in total. The van der Waals surface area contributed by atoms with Crippen LogP contribution in [-0.2, 0) is 0 Å². The van der Waals surface area contributed by atoms with Crippen molar-refractivity contribution >= 4 is 21.7 Å². The van der Waals surface area contributed by atoms with Gasteiger partial charge in [-0.3, -0.25) is 4.79 Å². The van der Waals surface area contributed by atoms with Crippen molar-refractivity contribution in [1.29, 1.82) is 0 Å². The summed E-state index contributed by atoms with van der Waals surface area (Å²) in [5, 5.41) is 0. The van der Waals surface area contributed by atoms with Gasteiger partial charge in [-0.05, 0) is 31.6 Å². The van der Waals surface area contributed by atoms with Gasteiger partial charge in [0.25, 0.3) is 0 Å². The summed E-state index contributed by atoms with van der Waals surface area (Å²) in [6.45, 7) is 3.69. The molecule has 0 saturated carbocycles. The number of hydrogen-bond donors (Lipinski definition) is 0. The largest absolute Gasteiger partial charge is 0.289 e. The Morgan fingerprint density at radius 2 is 2.00 bits per heavy atom. The fourth-order valence-electron chi connectivity index (χ4n) is 0.989. The number of carbonyl (C=O) groups is 1. The molecule has 0 heterocycles. The van der Waals surface area contributed by atoms with Gasteiger partial charge in [-0.25, -0.2) is 0 Å². The summed E-state index contributed by atoms with van der Waals surface area (Å²) < 4.78 is 0.848. The van der Waals surface area contributed by atoms with Crippen LogP contribution >= 0.6 is 15.9 Å². The molecule has 1 rings (SSSR count). The first kappa shape index (κ1) is 10.2. The highest BCUT2D eigenvalue weighted by molar-refractivity contribution is 9.10. The maximum absolute atomic E-state index is 11.7. The molecule has 2 heteroatoms. The summed E-state index contributed by atoms with van der Waals surface area (Å²) in [6.07, 6.45) is 1.82. The third kappa shape index (κ3) is 2.28. The lowest BCUT2D eigenvalue weighted by Gasteiger charge is -2.02. The molecule has 0 fully saturated rings. The maximum Gasteiger partial charge on any atom is 0.189 e. The van der Waals surface area contributed by atoms with Crippen LogP contribution in [0.5, 0.6) is 0 Å². The zero-order chi connectivity index (χ0) is 9.84. The average Bonchev–Trinajstić information content (AvgIpc) is 2.16. The van der Waals surface area contributed by atoms with Crippen molar-refractivity contribution in [3.8, 4) is 0 Å². The van der Waals surface area contributed by atoms with E-state index in [9.17, 15) is 4.79 Å². The van der Waals surface area contributed by atoms with E-state index in [0.29, 0.717) is 0 Å². The van der Waals surface area contributed by atoms with Gasteiger partial charge in [0.2, 0.25) is 0 Å². The number of allylic oxidation sites excluding steroid dienone is 2. The summed E-state index contributed by atoms with van der Waals surface area (Å²) in [5.41, 5.74) is 1.49. The van der Waals surface area contributed by atoms with E-state index < -0.39 is 0 Å². The Bertz CT molecular complexity index is 353. The van der Waals surface area contributed by atoms with Gasteiger partial charge in [0, 0.05) is 10.0 Å². The standard InChI is InChI=1S/C11H11BrO/c1-3-8(2)11(13)9-6-4-5-7-10(9)12/h3-7H,1-2H3/b8-3+. The van der Waals surface area contributed by atoms with Crippen LogP contribution in [0.2, 0.25) is 0 Å². The topological polar surface area (TPSA) is 17.1 Å². The Morgan fingerprint density at radius 3 is 2.54 bits per heavy atom. The molecule has 1 aromatic carbocycles. The zero-order valence-electron chi connectivity index (χ0n) is 7.67. The highest BCUT2D eigenvalue weighted by Crippen LogP contribution is 2.18. The molecule has 68 valence electrons. The lowest BCUT2D eigenvalue weighted by molar-refractivity contribution is 0.103. The molecule has 0 spiro atoms. The van der Waals surface area contributed by atoms with Crippen LogP contribution in [0.15, 0.2) is 40.4 Å². The van der Waals surface area contributed by atoms with Crippen LogP contribution in [0.3, 0.4) is 0 Å². The van der Waals surface area contributed by atoms with Gasteiger partial charge in [0.1, 0.15) is 0 Å². The summed E-state index contributed by atoms with van der Waals surface area (Å²) >= 11 is 3.35. The molecule has 0 bridgehead atoms. The number of benzene rings is 1. The van der Waals surface area contributed by atoms with Crippen LogP contribution in [0.4, 0.5) is 0 Å². The van der Waals surface area contributed by atoms with Crippen LogP contribution in [0.25, 0.3) is 0 Å². The van der Waals surface area contributed by atoms with Gasteiger partial charge in [0.15, 0.2) is 5.78 Å². The Labute approximate surface area is 86.6 Å². The monoisotopic (exact) mass is 238 g/mol. The summed E-state index contributed by atoms with van der Waals surface area (Å²) in [5.74, 6) is 0.0787. The van der Waals surface area contributed by atoms with E-state index in [4.69, 9.17) is 0 Å². The molecule has 0 unspecified atom stereocenters. The van der Waals surface area contributed by atoms with E-state index in [1.165, 1.54) is 0 Å². The van der Waals surface area contributed by atoms with Crippen LogP contribution < -0.4 is 0 Å². The van der Waals surface area contributed by atoms with Gasteiger partial charge >= 0.3 is 0 Å². The van der Waals surface area contributed by atoms with Crippen LogP contribution in [-0.4, -0.2) is 5.78 Å². The highest BCUT2D eigenvalue weighted by Gasteiger charge is 2.09. The smallest absolute Gasteiger partial charge is 0.189 e. The van der Waals surface area contributed by atoms with E-state index in [2.05, 4.69) is 15.9 Å². The van der Waals surface area contributed by atoms with Crippen molar-refractivity contribution in [2.75, 3.05) is 0 Å². The summed E-state index contributed by atoms with van der Waals surface area (Å²) in [4.78, 5) is 11.7. The quantitative estimate of drug-likeness (QED) is 0.569. The first-order chi connectivity index (χ1) is 6.16. The molecule has 1 nitrogen and oxygen atoms in total. The highest BCUT2D eigenvalue weighted by atomic mass is 79.9. The fourth-order valence-corrected chi connectivity index (χ4v) is 1.45. The molecule has 1 aromatic rings. The SMILES string of the molecule is C/C=C(\C)C(=O)c1ccccc1Br. The molecule has 0 atom stereocenters. The Hall–Kier alpha value is -0.890. The first-order valence-corrected chi connectivity index (χ1v) is 4.88.